The number of aliphatic hydroxyl groups is 1. The van der Waals surface area contributed by atoms with Crippen molar-refractivity contribution in [3.63, 3.8) is 0 Å². The number of hydrogen-bond acceptors (Lipinski definition) is 2. The van der Waals surface area contributed by atoms with E-state index in [1.807, 2.05) is 0 Å². The fourth-order valence-corrected chi connectivity index (χ4v) is 3.70. The van der Waals surface area contributed by atoms with Gasteiger partial charge >= 0.3 is 0 Å². The Hall–Kier alpha value is -1.38. The zero-order chi connectivity index (χ0) is 14.3. The molecule has 0 saturated heterocycles. The minimum atomic E-state index is -0.377. The fourth-order valence-electron chi connectivity index (χ4n) is 3.70. The van der Waals surface area contributed by atoms with Gasteiger partial charge in [-0.2, -0.15) is 0 Å². The quantitative estimate of drug-likeness (QED) is 0.903. The van der Waals surface area contributed by atoms with E-state index in [-0.39, 0.29) is 11.5 Å². The van der Waals surface area contributed by atoms with Gasteiger partial charge in [-0.3, -0.25) is 0 Å². The van der Waals surface area contributed by atoms with Crippen LogP contribution >= 0.6 is 0 Å². The highest BCUT2D eigenvalue weighted by Crippen LogP contribution is 2.45. The lowest BCUT2D eigenvalue weighted by Crippen LogP contribution is -2.39. The summed E-state index contributed by atoms with van der Waals surface area (Å²) in [5.41, 5.74) is 2.41. The smallest absolute Gasteiger partial charge is 0.0858 e. The third-order valence-electron chi connectivity index (χ3n) is 4.66. The van der Waals surface area contributed by atoms with E-state index in [1.54, 1.807) is 0 Å². The Morgan fingerprint density at radius 3 is 2.70 bits per heavy atom. The van der Waals surface area contributed by atoms with Gasteiger partial charge in [-0.25, -0.2) is 0 Å². The van der Waals surface area contributed by atoms with E-state index in [9.17, 15) is 5.11 Å². The maximum atomic E-state index is 10.9. The van der Waals surface area contributed by atoms with Crippen LogP contribution in [0.1, 0.15) is 30.6 Å². The van der Waals surface area contributed by atoms with Crippen LogP contribution in [-0.2, 0) is 6.42 Å². The monoisotopic (exact) mass is 269 g/mol. The van der Waals surface area contributed by atoms with Gasteiger partial charge in [-0.05, 0) is 48.8 Å². The third kappa shape index (κ3) is 2.13. The van der Waals surface area contributed by atoms with Crippen LogP contribution in [0.4, 0.5) is 0 Å². The molecule has 2 nitrogen and oxygen atoms in total. The maximum Gasteiger partial charge on any atom is 0.0858 e. The summed E-state index contributed by atoms with van der Waals surface area (Å²) in [5.74, 6) is 0. The van der Waals surface area contributed by atoms with Crippen LogP contribution in [0.15, 0.2) is 36.4 Å². The number of aryl methyl sites for hydroxylation is 1. The second-order valence-electron chi connectivity index (χ2n) is 6.65. The molecule has 0 amide bonds. The molecule has 1 aliphatic carbocycles. The summed E-state index contributed by atoms with van der Waals surface area (Å²) < 4.78 is 0. The summed E-state index contributed by atoms with van der Waals surface area (Å²) in [5, 5.41) is 13.4. The van der Waals surface area contributed by atoms with Gasteiger partial charge in [0.15, 0.2) is 0 Å². The van der Waals surface area contributed by atoms with E-state index in [0.29, 0.717) is 0 Å². The predicted octanol–water partition coefficient (Wildman–Crippen LogP) is 3.39. The van der Waals surface area contributed by atoms with Gasteiger partial charge in [0.05, 0.1) is 6.10 Å². The Balaban J connectivity index is 2.08. The average Bonchev–Trinajstić information content (AvgIpc) is 2.42. The Bertz CT molecular complexity index is 634. The van der Waals surface area contributed by atoms with Crippen molar-refractivity contribution in [1.29, 1.82) is 0 Å². The van der Waals surface area contributed by atoms with E-state index >= 15 is 0 Å². The molecule has 2 unspecified atom stereocenters. The molecule has 0 aliphatic heterocycles. The molecule has 2 aromatic carbocycles. The van der Waals surface area contributed by atoms with E-state index in [0.717, 1.165) is 24.9 Å². The molecule has 2 aromatic rings. The van der Waals surface area contributed by atoms with Crippen LogP contribution < -0.4 is 0 Å². The molecule has 0 heterocycles. The molecule has 0 aromatic heterocycles. The molecule has 2 heteroatoms. The van der Waals surface area contributed by atoms with Crippen LogP contribution in [0, 0.1) is 5.41 Å². The molecule has 1 aliphatic rings. The number of rotatable bonds is 2. The molecule has 1 N–H and O–H groups in total. The van der Waals surface area contributed by atoms with Crippen molar-refractivity contribution in [1.82, 2.24) is 4.90 Å². The van der Waals surface area contributed by atoms with E-state index in [1.165, 1.54) is 16.3 Å². The molecule has 3 rings (SSSR count). The van der Waals surface area contributed by atoms with Crippen molar-refractivity contribution in [2.45, 2.75) is 25.9 Å². The Labute approximate surface area is 121 Å². The zero-order valence-electron chi connectivity index (χ0n) is 12.6. The van der Waals surface area contributed by atoms with Crippen molar-refractivity contribution in [2.24, 2.45) is 5.41 Å². The predicted molar refractivity (Wildman–Crippen MR) is 83.9 cm³/mol. The van der Waals surface area contributed by atoms with Crippen LogP contribution in [0.3, 0.4) is 0 Å². The molecular weight excluding hydrogens is 246 g/mol. The summed E-state index contributed by atoms with van der Waals surface area (Å²) in [4.78, 5) is 2.18. The standard InChI is InChI=1S/C18H23NO/c1-18(12-19(2)3)11-10-15-14-7-5-4-6-13(14)8-9-16(15)17(18)20/h4-9,17,20H,10-12H2,1-3H3. The lowest BCUT2D eigenvalue weighted by atomic mass is 9.69. The lowest BCUT2D eigenvalue weighted by Gasteiger charge is -2.41. The van der Waals surface area contributed by atoms with Crippen molar-refractivity contribution in [3.05, 3.63) is 47.5 Å². The highest BCUT2D eigenvalue weighted by molar-refractivity contribution is 5.87. The van der Waals surface area contributed by atoms with Gasteiger partial charge in [-0.15, -0.1) is 0 Å². The first-order valence-corrected chi connectivity index (χ1v) is 7.34. The van der Waals surface area contributed by atoms with Crippen molar-refractivity contribution >= 4 is 10.8 Å². The Kier molecular flexibility index (Phi) is 3.31. The van der Waals surface area contributed by atoms with Crippen LogP contribution in [-0.4, -0.2) is 30.6 Å². The molecule has 0 spiro atoms. The summed E-state index contributed by atoms with van der Waals surface area (Å²) >= 11 is 0. The topological polar surface area (TPSA) is 23.5 Å². The SMILES string of the molecule is CN(C)CC1(C)CCc2c(ccc3ccccc23)C1O. The van der Waals surface area contributed by atoms with Crippen LogP contribution in [0.2, 0.25) is 0 Å². The highest BCUT2D eigenvalue weighted by atomic mass is 16.3. The molecule has 2 atom stereocenters. The molecule has 0 radical (unpaired) electrons. The molecule has 20 heavy (non-hydrogen) atoms. The molecule has 0 fully saturated rings. The average molecular weight is 269 g/mol. The summed E-state index contributed by atoms with van der Waals surface area (Å²) in [6, 6.07) is 12.7. The van der Waals surface area contributed by atoms with Gasteiger partial charge < -0.3 is 10.0 Å². The first-order valence-electron chi connectivity index (χ1n) is 7.34. The first-order chi connectivity index (χ1) is 9.51. The van der Waals surface area contributed by atoms with Gasteiger partial charge in [0, 0.05) is 12.0 Å². The fraction of sp³-hybridized carbons (Fsp3) is 0.444. The number of benzene rings is 2. The first kappa shape index (κ1) is 13.6. The van der Waals surface area contributed by atoms with Gasteiger partial charge in [0.2, 0.25) is 0 Å². The largest absolute Gasteiger partial charge is 0.388 e. The molecule has 0 saturated carbocycles. The molecule has 0 bridgehead atoms. The highest BCUT2D eigenvalue weighted by Gasteiger charge is 2.39. The number of hydrogen-bond donors (Lipinski definition) is 1. The van der Waals surface area contributed by atoms with Gasteiger partial charge in [0.1, 0.15) is 0 Å². The second kappa shape index (κ2) is 4.87. The minimum absolute atomic E-state index is 0.0566. The van der Waals surface area contributed by atoms with Crippen molar-refractivity contribution in [2.75, 3.05) is 20.6 Å². The molecule has 106 valence electrons. The van der Waals surface area contributed by atoms with E-state index in [4.69, 9.17) is 0 Å². The lowest BCUT2D eigenvalue weighted by molar-refractivity contribution is 0.00314. The van der Waals surface area contributed by atoms with Gasteiger partial charge in [-0.1, -0.05) is 43.3 Å². The number of nitrogens with zero attached hydrogens (tertiary/aromatic N) is 1. The summed E-state index contributed by atoms with van der Waals surface area (Å²) in [6.07, 6.45) is 1.71. The summed E-state index contributed by atoms with van der Waals surface area (Å²) in [7, 11) is 4.15. The Morgan fingerprint density at radius 2 is 1.95 bits per heavy atom. The Morgan fingerprint density at radius 1 is 1.20 bits per heavy atom. The second-order valence-corrected chi connectivity index (χ2v) is 6.65. The number of fused-ring (bicyclic) bond motifs is 3. The summed E-state index contributed by atoms with van der Waals surface area (Å²) in [6.45, 7) is 3.12. The van der Waals surface area contributed by atoms with E-state index in [2.05, 4.69) is 62.3 Å². The number of aliphatic hydroxyl groups excluding tert-OH is 1. The zero-order valence-corrected chi connectivity index (χ0v) is 12.6. The van der Waals surface area contributed by atoms with Crippen molar-refractivity contribution in [3.8, 4) is 0 Å². The van der Waals surface area contributed by atoms with Gasteiger partial charge in [0.25, 0.3) is 0 Å². The molecular formula is C18H23NO. The van der Waals surface area contributed by atoms with Crippen LogP contribution in [0.25, 0.3) is 10.8 Å². The third-order valence-corrected chi connectivity index (χ3v) is 4.66. The van der Waals surface area contributed by atoms with Crippen LogP contribution in [0.5, 0.6) is 0 Å². The normalized spacial score (nSPS) is 25.9. The maximum absolute atomic E-state index is 10.9. The van der Waals surface area contributed by atoms with E-state index < -0.39 is 0 Å². The van der Waals surface area contributed by atoms with Crippen molar-refractivity contribution < 1.29 is 5.11 Å². The minimum Gasteiger partial charge on any atom is -0.388 e.